The van der Waals surface area contributed by atoms with Crippen LogP contribution >= 0.6 is 11.6 Å². The Morgan fingerprint density at radius 3 is 1.51 bits per heavy atom. The molecule has 2 heterocycles. The van der Waals surface area contributed by atoms with Gasteiger partial charge in [-0.2, -0.15) is 0 Å². The second-order valence-electron chi connectivity index (χ2n) is 7.82. The highest BCUT2D eigenvalue weighted by molar-refractivity contribution is 7.91. The molecule has 0 fully saturated rings. The van der Waals surface area contributed by atoms with Gasteiger partial charge in [-0.25, -0.2) is 26.8 Å². The molecule has 0 amide bonds. The molecule has 0 unspecified atom stereocenters. The number of aromatic nitrogens is 2. The van der Waals surface area contributed by atoms with Crippen molar-refractivity contribution in [1.82, 2.24) is 9.97 Å². The molecule has 2 aromatic heterocycles. The van der Waals surface area contributed by atoms with Gasteiger partial charge in [0.2, 0.25) is 5.88 Å². The van der Waals surface area contributed by atoms with Gasteiger partial charge in [0.15, 0.2) is 19.7 Å². The summed E-state index contributed by atoms with van der Waals surface area (Å²) in [6.45, 7) is 0. The zero-order valence-corrected chi connectivity index (χ0v) is 23.6. The molecule has 17 heteroatoms. The van der Waals surface area contributed by atoms with E-state index in [0.29, 0.717) is 5.75 Å². The normalized spacial score (nSPS) is 10.7. The largest absolute Gasteiger partial charge is 0.508 e. The van der Waals surface area contributed by atoms with Crippen LogP contribution < -0.4 is 4.74 Å². The summed E-state index contributed by atoms with van der Waals surface area (Å²) in [7, 11) is -6.38. The van der Waals surface area contributed by atoms with Crippen LogP contribution in [-0.4, -0.2) is 54.3 Å². The lowest BCUT2D eigenvalue weighted by molar-refractivity contribution is -0.385. The van der Waals surface area contributed by atoms with Gasteiger partial charge in [-0.1, -0.05) is 11.6 Å². The van der Waals surface area contributed by atoms with Gasteiger partial charge < -0.3 is 9.84 Å². The molecular formula is C24H21ClN4O10S2. The Labute approximate surface area is 239 Å². The number of benzene rings is 2. The minimum Gasteiger partial charge on any atom is -0.508 e. The fourth-order valence-electron chi connectivity index (χ4n) is 2.59. The summed E-state index contributed by atoms with van der Waals surface area (Å²) in [5.41, 5.74) is -0.186. The number of halogens is 1. The van der Waals surface area contributed by atoms with E-state index in [4.69, 9.17) is 21.4 Å². The van der Waals surface area contributed by atoms with Crippen molar-refractivity contribution in [2.75, 3.05) is 12.5 Å². The molecule has 1 N–H and O–H groups in total. The van der Waals surface area contributed by atoms with Gasteiger partial charge in [0.25, 0.3) is 11.4 Å². The van der Waals surface area contributed by atoms with E-state index in [1.54, 1.807) is 0 Å². The van der Waals surface area contributed by atoms with Crippen molar-refractivity contribution in [1.29, 1.82) is 0 Å². The first kappa shape index (κ1) is 32.5. The smallest absolute Gasteiger partial charge is 0.287 e. The van der Waals surface area contributed by atoms with Gasteiger partial charge >= 0.3 is 0 Å². The maximum absolute atomic E-state index is 11.3. The van der Waals surface area contributed by atoms with E-state index >= 15 is 0 Å². The van der Waals surface area contributed by atoms with Crippen LogP contribution in [-0.2, 0) is 19.7 Å². The van der Waals surface area contributed by atoms with Crippen LogP contribution in [0.5, 0.6) is 17.4 Å². The van der Waals surface area contributed by atoms with E-state index in [9.17, 15) is 37.1 Å². The molecule has 0 aliphatic heterocycles. The lowest BCUT2D eigenvalue weighted by atomic mass is 10.3. The molecule has 0 aliphatic rings. The maximum atomic E-state index is 11.3. The second kappa shape index (κ2) is 14.1. The number of hydrogen-bond acceptors (Lipinski definition) is 12. The van der Waals surface area contributed by atoms with Crippen LogP contribution in [0.2, 0.25) is 5.15 Å². The number of phenolic OH excluding ortho intramolecular Hbond substituents is 1. The Kier molecular flexibility index (Phi) is 11.2. The van der Waals surface area contributed by atoms with Gasteiger partial charge in [0.1, 0.15) is 29.0 Å². The fourth-order valence-corrected chi connectivity index (χ4v) is 3.96. The van der Waals surface area contributed by atoms with Crippen LogP contribution in [0.15, 0.2) is 95.0 Å². The lowest BCUT2D eigenvalue weighted by Crippen LogP contribution is -1.96. The zero-order chi connectivity index (χ0) is 30.8. The van der Waals surface area contributed by atoms with E-state index in [2.05, 4.69) is 9.97 Å². The molecule has 14 nitrogen and oxygen atoms in total. The Balaban J connectivity index is 0.000000236. The molecule has 41 heavy (non-hydrogen) atoms. The van der Waals surface area contributed by atoms with E-state index in [-0.39, 0.29) is 37.9 Å². The highest BCUT2D eigenvalue weighted by Gasteiger charge is 2.09. The van der Waals surface area contributed by atoms with Crippen molar-refractivity contribution < 1.29 is 36.5 Å². The summed E-state index contributed by atoms with van der Waals surface area (Å²) in [5.74, 6) is 0.638. The summed E-state index contributed by atoms with van der Waals surface area (Å²) in [5, 5.41) is 29.6. The van der Waals surface area contributed by atoms with Crippen molar-refractivity contribution in [3.05, 3.63) is 111 Å². The Bertz CT molecular complexity index is 1700. The van der Waals surface area contributed by atoms with E-state index in [1.165, 1.54) is 72.8 Å². The lowest BCUT2D eigenvalue weighted by Gasteiger charge is -2.05. The number of nitro groups is 2. The summed E-state index contributed by atoms with van der Waals surface area (Å²) >= 11 is 5.38. The number of ether oxygens (including phenoxy) is 1. The molecule has 0 aliphatic carbocycles. The molecule has 4 rings (SSSR count). The molecule has 0 radical (unpaired) electrons. The topological polar surface area (TPSA) is 210 Å². The molecule has 0 saturated heterocycles. The minimum absolute atomic E-state index is 0.0515. The van der Waals surface area contributed by atoms with Crippen molar-refractivity contribution in [2.24, 2.45) is 0 Å². The Morgan fingerprint density at radius 2 is 1.15 bits per heavy atom. The average molecular weight is 625 g/mol. The molecule has 0 atom stereocenters. The molecule has 0 saturated carbocycles. The third-order valence-electron chi connectivity index (χ3n) is 4.59. The van der Waals surface area contributed by atoms with Crippen LogP contribution in [0.3, 0.4) is 0 Å². The van der Waals surface area contributed by atoms with Crippen LogP contribution in [0.25, 0.3) is 0 Å². The molecule has 0 spiro atoms. The van der Waals surface area contributed by atoms with Crippen molar-refractivity contribution in [3.63, 3.8) is 0 Å². The summed E-state index contributed by atoms with van der Waals surface area (Å²) in [4.78, 5) is 27.1. The molecule has 0 bridgehead atoms. The van der Waals surface area contributed by atoms with Crippen LogP contribution in [0.1, 0.15) is 0 Å². The predicted molar refractivity (Wildman–Crippen MR) is 148 cm³/mol. The van der Waals surface area contributed by atoms with Gasteiger partial charge in [-0.15, -0.1) is 0 Å². The molecule has 2 aromatic carbocycles. The standard InChI is InChI=1S/C12H10N2O5S.C7H8O3S.C5H3ClN2O2/c1-20(17,18)11-5-3-10(4-6-11)19-12-7-2-9(8-13-12)14(15)16;1-11(9,10)7-4-2-6(8)3-5-7;6-5-2-1-4(3-7-5)8(9)10/h2-8H,1H3;2-5,8H,1H3;1-3H. The molecule has 216 valence electrons. The van der Waals surface area contributed by atoms with Gasteiger partial charge in [0.05, 0.1) is 19.6 Å². The monoisotopic (exact) mass is 624 g/mol. The number of pyridine rings is 2. The van der Waals surface area contributed by atoms with Crippen LogP contribution in [0.4, 0.5) is 11.4 Å². The average Bonchev–Trinajstić information content (AvgIpc) is 2.89. The SMILES string of the molecule is CS(=O)(=O)c1ccc(O)cc1.CS(=O)(=O)c1ccc(Oc2ccc([N+](=O)[O-])cn2)cc1.O=[N+]([O-])c1ccc(Cl)nc1. The first-order valence-corrected chi connectivity index (χ1v) is 15.1. The van der Waals surface area contributed by atoms with E-state index < -0.39 is 29.5 Å². The highest BCUT2D eigenvalue weighted by Crippen LogP contribution is 2.22. The number of aromatic hydroxyl groups is 1. The first-order valence-electron chi connectivity index (χ1n) is 10.9. The van der Waals surface area contributed by atoms with Crippen molar-refractivity contribution in [3.8, 4) is 17.4 Å². The second-order valence-corrected chi connectivity index (χ2v) is 12.2. The molecule has 4 aromatic rings. The Morgan fingerprint density at radius 1 is 0.707 bits per heavy atom. The molecular weight excluding hydrogens is 604 g/mol. The summed E-state index contributed by atoms with van der Waals surface area (Å²) in [6, 6.07) is 16.5. The zero-order valence-electron chi connectivity index (χ0n) is 21.2. The van der Waals surface area contributed by atoms with Crippen LogP contribution in [0, 0.1) is 20.2 Å². The summed E-state index contributed by atoms with van der Waals surface area (Å²) in [6.07, 6.45) is 4.43. The number of nitrogens with zero attached hydrogens (tertiary/aromatic N) is 4. The number of hydrogen-bond donors (Lipinski definition) is 1. The maximum Gasteiger partial charge on any atom is 0.287 e. The quantitative estimate of drug-likeness (QED) is 0.177. The van der Waals surface area contributed by atoms with Crippen molar-refractivity contribution in [2.45, 2.75) is 9.79 Å². The summed E-state index contributed by atoms with van der Waals surface area (Å²) < 4.78 is 49.7. The van der Waals surface area contributed by atoms with Gasteiger partial charge in [0, 0.05) is 30.7 Å². The van der Waals surface area contributed by atoms with Gasteiger partial charge in [-0.05, 0) is 54.6 Å². The van der Waals surface area contributed by atoms with Crippen molar-refractivity contribution >= 4 is 42.7 Å². The fraction of sp³-hybridized carbons (Fsp3) is 0.0833. The van der Waals surface area contributed by atoms with E-state index in [0.717, 1.165) is 24.9 Å². The number of rotatable bonds is 6. The third-order valence-corrected chi connectivity index (χ3v) is 7.07. The Hall–Kier alpha value is -4.67. The van der Waals surface area contributed by atoms with Gasteiger partial charge in [-0.3, -0.25) is 20.2 Å². The first-order chi connectivity index (χ1) is 19.1. The highest BCUT2D eigenvalue weighted by atomic mass is 35.5. The number of phenols is 1. The third kappa shape index (κ3) is 11.1. The predicted octanol–water partition coefficient (Wildman–Crippen LogP) is 4.62. The minimum atomic E-state index is -3.25. The van der Waals surface area contributed by atoms with E-state index in [1.807, 2.05) is 0 Å². The number of sulfone groups is 2.